The van der Waals surface area contributed by atoms with Crippen LogP contribution in [0.4, 0.5) is 0 Å². The lowest BCUT2D eigenvalue weighted by atomic mass is 9.88. The first-order valence-electron chi connectivity index (χ1n) is 18.0. The second kappa shape index (κ2) is 14.7. The Hall–Kier alpha value is -7.30. The fourth-order valence-electron chi connectivity index (χ4n) is 6.88. The number of benzene rings is 5. The summed E-state index contributed by atoms with van der Waals surface area (Å²) in [6, 6.07) is 62.7. The summed E-state index contributed by atoms with van der Waals surface area (Å²) in [5.74, 6) is 0. The van der Waals surface area contributed by atoms with Crippen LogP contribution >= 0.6 is 0 Å². The molecule has 4 heterocycles. The van der Waals surface area contributed by atoms with E-state index in [9.17, 15) is 0 Å². The summed E-state index contributed by atoms with van der Waals surface area (Å²) in [7, 11) is 0. The zero-order valence-corrected chi connectivity index (χ0v) is 29.4. The quantitative estimate of drug-likeness (QED) is 0.159. The third-order valence-corrected chi connectivity index (χ3v) is 9.74. The highest BCUT2D eigenvalue weighted by Gasteiger charge is 2.19. The van der Waals surface area contributed by atoms with E-state index < -0.39 is 0 Å². The van der Waals surface area contributed by atoms with Crippen LogP contribution in [0.25, 0.3) is 89.5 Å². The molecule has 0 amide bonds. The van der Waals surface area contributed by atoms with Gasteiger partial charge in [0.1, 0.15) is 0 Å². The molecule has 4 heteroatoms. The van der Waals surface area contributed by atoms with Crippen molar-refractivity contribution in [1.82, 2.24) is 19.9 Å². The van der Waals surface area contributed by atoms with Crippen molar-refractivity contribution in [2.24, 2.45) is 0 Å². The van der Waals surface area contributed by atoms with Crippen molar-refractivity contribution < 1.29 is 0 Å². The van der Waals surface area contributed by atoms with Crippen LogP contribution in [-0.2, 0) is 0 Å². The van der Waals surface area contributed by atoms with E-state index in [0.29, 0.717) is 0 Å². The summed E-state index contributed by atoms with van der Waals surface area (Å²) in [5, 5.41) is 0. The number of hydrogen-bond acceptors (Lipinski definition) is 4. The van der Waals surface area contributed by atoms with E-state index in [2.05, 4.69) is 133 Å². The lowest BCUT2D eigenvalue weighted by Crippen LogP contribution is -1.96. The third kappa shape index (κ3) is 6.72. The smallest absolute Gasteiger partial charge is 0.0708 e. The molecule has 0 saturated heterocycles. The van der Waals surface area contributed by atoms with Crippen LogP contribution in [0.15, 0.2) is 207 Å². The molecule has 0 atom stereocenters. The fraction of sp³-hybridized carbons (Fsp3) is 0. The van der Waals surface area contributed by atoms with Crippen LogP contribution in [0.5, 0.6) is 0 Å². The molecule has 54 heavy (non-hydrogen) atoms. The Morgan fingerprint density at radius 2 is 0.500 bits per heavy atom. The van der Waals surface area contributed by atoms with Gasteiger partial charge in [-0.1, -0.05) is 146 Å². The van der Waals surface area contributed by atoms with E-state index in [-0.39, 0.29) is 0 Å². The van der Waals surface area contributed by atoms with Crippen LogP contribution in [-0.4, -0.2) is 19.9 Å². The Balaban J connectivity index is 1.23. The molecule has 0 aliphatic carbocycles. The molecule has 0 aliphatic heterocycles. The number of aromatic nitrogens is 4. The minimum absolute atomic E-state index is 0.867. The number of nitrogens with zero attached hydrogens (tertiary/aromatic N) is 4. The molecule has 0 N–H and O–H groups in total. The topological polar surface area (TPSA) is 51.6 Å². The van der Waals surface area contributed by atoms with Crippen molar-refractivity contribution in [2.75, 3.05) is 0 Å². The zero-order valence-electron chi connectivity index (χ0n) is 29.4. The van der Waals surface area contributed by atoms with Crippen LogP contribution in [0.1, 0.15) is 0 Å². The molecule has 0 radical (unpaired) electrons. The molecular weight excluding hydrogens is 657 g/mol. The third-order valence-electron chi connectivity index (χ3n) is 9.74. The summed E-state index contributed by atoms with van der Waals surface area (Å²) in [6.45, 7) is 0. The molecule has 0 saturated carbocycles. The normalized spacial score (nSPS) is 11.0. The molecule has 254 valence electrons. The van der Waals surface area contributed by atoms with Crippen molar-refractivity contribution in [3.63, 3.8) is 0 Å². The van der Waals surface area contributed by atoms with Gasteiger partial charge in [-0.15, -0.1) is 0 Å². The van der Waals surface area contributed by atoms with E-state index in [1.54, 1.807) is 0 Å². The van der Waals surface area contributed by atoms with Crippen molar-refractivity contribution in [3.8, 4) is 89.5 Å². The van der Waals surface area contributed by atoms with E-state index in [0.717, 1.165) is 89.5 Å². The van der Waals surface area contributed by atoms with Crippen LogP contribution < -0.4 is 0 Å². The van der Waals surface area contributed by atoms with Crippen molar-refractivity contribution >= 4 is 0 Å². The zero-order chi connectivity index (χ0) is 36.1. The SMILES string of the molecule is c1ccc(-c2ccc(-c3cc(-c4ccc(-c5ccccc5)nc4)c(-c4ccc(-c5ccccc5)cn4)cc3-c3ccc(-c4ccccc4)nc3)nc2)cc1. The lowest BCUT2D eigenvalue weighted by Gasteiger charge is -2.18. The largest absolute Gasteiger partial charge is 0.256 e. The minimum atomic E-state index is 0.867. The minimum Gasteiger partial charge on any atom is -0.256 e. The second-order valence-electron chi connectivity index (χ2n) is 13.1. The fourth-order valence-corrected chi connectivity index (χ4v) is 6.88. The lowest BCUT2D eigenvalue weighted by molar-refractivity contribution is 1.29. The van der Waals surface area contributed by atoms with Gasteiger partial charge >= 0.3 is 0 Å². The van der Waals surface area contributed by atoms with Gasteiger partial charge in [-0.25, -0.2) is 0 Å². The molecule has 0 bridgehead atoms. The van der Waals surface area contributed by atoms with Gasteiger partial charge in [0.15, 0.2) is 0 Å². The van der Waals surface area contributed by atoms with Crippen LogP contribution in [0.2, 0.25) is 0 Å². The molecule has 0 spiro atoms. The summed E-state index contributed by atoms with van der Waals surface area (Å²) >= 11 is 0. The first-order valence-corrected chi connectivity index (χ1v) is 18.0. The Kier molecular flexibility index (Phi) is 8.90. The number of hydrogen-bond donors (Lipinski definition) is 0. The van der Waals surface area contributed by atoms with Gasteiger partial charge < -0.3 is 0 Å². The molecule has 5 aromatic carbocycles. The van der Waals surface area contributed by atoms with Gasteiger partial charge in [0.2, 0.25) is 0 Å². The Morgan fingerprint density at radius 1 is 0.204 bits per heavy atom. The van der Waals surface area contributed by atoms with Gasteiger partial charge in [-0.3, -0.25) is 19.9 Å². The first kappa shape index (κ1) is 32.6. The van der Waals surface area contributed by atoms with Gasteiger partial charge in [-0.05, 0) is 58.7 Å². The van der Waals surface area contributed by atoms with Gasteiger partial charge in [0.25, 0.3) is 0 Å². The van der Waals surface area contributed by atoms with E-state index >= 15 is 0 Å². The molecule has 0 aliphatic rings. The van der Waals surface area contributed by atoms with E-state index in [4.69, 9.17) is 19.9 Å². The number of rotatable bonds is 8. The average Bonchev–Trinajstić information content (AvgIpc) is 3.27. The maximum Gasteiger partial charge on any atom is 0.0708 e. The van der Waals surface area contributed by atoms with Crippen molar-refractivity contribution in [2.45, 2.75) is 0 Å². The summed E-state index contributed by atoms with van der Waals surface area (Å²) < 4.78 is 0. The molecular formula is C50H34N4. The molecule has 4 nitrogen and oxygen atoms in total. The summed E-state index contributed by atoms with van der Waals surface area (Å²) in [5.41, 5.74) is 16.1. The Morgan fingerprint density at radius 3 is 0.815 bits per heavy atom. The number of pyridine rings is 4. The Bertz CT molecular complexity index is 2250. The maximum atomic E-state index is 5.06. The molecule has 4 aromatic heterocycles. The predicted molar refractivity (Wildman–Crippen MR) is 221 cm³/mol. The highest BCUT2D eigenvalue weighted by atomic mass is 14.7. The second-order valence-corrected chi connectivity index (χ2v) is 13.1. The van der Waals surface area contributed by atoms with Crippen molar-refractivity contribution in [1.29, 1.82) is 0 Å². The molecule has 0 unspecified atom stereocenters. The highest BCUT2D eigenvalue weighted by Crippen LogP contribution is 2.42. The molecule has 9 rings (SSSR count). The van der Waals surface area contributed by atoms with Crippen molar-refractivity contribution in [3.05, 3.63) is 207 Å². The van der Waals surface area contributed by atoms with Gasteiger partial charge in [0.05, 0.1) is 22.8 Å². The standard InChI is InChI=1S/C50H34N4/c1-5-13-35(14-6-1)39-21-27-49(53-31-39)45-29-44(42-24-26-48(52-34-42)38-19-11-4-12-20-38)46(50-28-22-40(32-54-50)36-15-7-2-8-16-36)30-43(45)41-23-25-47(51-33-41)37-17-9-3-10-18-37/h1-34H. The van der Waals surface area contributed by atoms with Crippen LogP contribution in [0, 0.1) is 0 Å². The van der Waals surface area contributed by atoms with E-state index in [1.807, 2.05) is 73.3 Å². The monoisotopic (exact) mass is 690 g/mol. The first-order chi connectivity index (χ1) is 26.8. The average molecular weight is 691 g/mol. The highest BCUT2D eigenvalue weighted by molar-refractivity contribution is 5.94. The molecule has 0 fully saturated rings. The predicted octanol–water partition coefficient (Wildman–Crippen LogP) is 12.6. The summed E-state index contributed by atoms with van der Waals surface area (Å²) in [6.07, 6.45) is 7.84. The van der Waals surface area contributed by atoms with Crippen LogP contribution in [0.3, 0.4) is 0 Å². The summed E-state index contributed by atoms with van der Waals surface area (Å²) in [4.78, 5) is 20.0. The van der Waals surface area contributed by atoms with Gasteiger partial charge in [-0.2, -0.15) is 0 Å². The van der Waals surface area contributed by atoms with Gasteiger partial charge in [0, 0.05) is 69.3 Å². The maximum absolute atomic E-state index is 5.06. The Labute approximate surface area is 315 Å². The molecule has 9 aromatic rings. The van der Waals surface area contributed by atoms with E-state index in [1.165, 1.54) is 0 Å².